The van der Waals surface area contributed by atoms with Crippen LogP contribution in [-0.2, 0) is 0 Å². The van der Waals surface area contributed by atoms with E-state index < -0.39 is 46.6 Å². The first-order valence-electron chi connectivity index (χ1n) is 8.46. The second-order valence-corrected chi connectivity index (χ2v) is 5.84. The summed E-state index contributed by atoms with van der Waals surface area (Å²) in [5.74, 6) is -3.34. The maximum atomic E-state index is 12.4. The lowest BCUT2D eigenvalue weighted by Gasteiger charge is -2.12. The number of rotatable bonds is 7. The highest BCUT2D eigenvalue weighted by molar-refractivity contribution is 5.52. The number of nitro groups is 1. The van der Waals surface area contributed by atoms with Crippen molar-refractivity contribution in [2.75, 3.05) is 0 Å². The molecule has 1 aromatic heterocycles. The molecule has 15 heteroatoms. The van der Waals surface area contributed by atoms with Gasteiger partial charge in [0.05, 0.1) is 4.92 Å². The highest BCUT2D eigenvalue weighted by Crippen LogP contribution is 2.39. The maximum Gasteiger partial charge on any atom is 0.573 e. The summed E-state index contributed by atoms with van der Waals surface area (Å²) in [6.45, 7) is 0. The van der Waals surface area contributed by atoms with Crippen LogP contribution in [0.1, 0.15) is 0 Å². The topological polar surface area (TPSA) is 106 Å². The zero-order chi connectivity index (χ0) is 24.2. The van der Waals surface area contributed by atoms with Crippen LogP contribution in [0.2, 0.25) is 0 Å². The lowest BCUT2D eigenvalue weighted by atomic mass is 10.3. The third kappa shape index (κ3) is 6.84. The predicted molar refractivity (Wildman–Crippen MR) is 95.1 cm³/mol. The summed E-state index contributed by atoms with van der Waals surface area (Å²) < 4.78 is 92.2. The van der Waals surface area contributed by atoms with Crippen molar-refractivity contribution in [2.45, 2.75) is 12.7 Å². The molecular formula is C18H9F6N3O6. The minimum atomic E-state index is -4.98. The van der Waals surface area contributed by atoms with Crippen molar-refractivity contribution in [1.82, 2.24) is 9.97 Å². The monoisotopic (exact) mass is 477 g/mol. The van der Waals surface area contributed by atoms with Gasteiger partial charge < -0.3 is 18.9 Å². The van der Waals surface area contributed by atoms with Gasteiger partial charge in [0.15, 0.2) is 0 Å². The fourth-order valence-electron chi connectivity index (χ4n) is 2.35. The number of nitrogens with zero attached hydrogens (tertiary/aromatic N) is 3. The number of ether oxygens (including phenoxy) is 4. The fraction of sp³-hybridized carbons (Fsp3) is 0.111. The zero-order valence-electron chi connectivity index (χ0n) is 15.8. The molecule has 0 bridgehead atoms. The van der Waals surface area contributed by atoms with Crippen LogP contribution < -0.4 is 18.9 Å². The number of alkyl halides is 6. The normalized spacial score (nSPS) is 11.6. The molecule has 1 heterocycles. The summed E-state index contributed by atoms with van der Waals surface area (Å²) in [6.07, 6.45) is -9.18. The maximum absolute atomic E-state index is 12.4. The number of halogens is 6. The molecule has 33 heavy (non-hydrogen) atoms. The van der Waals surface area contributed by atoms with Gasteiger partial charge in [0, 0.05) is 12.1 Å². The molecule has 0 saturated heterocycles. The molecule has 0 aliphatic carbocycles. The van der Waals surface area contributed by atoms with Crippen molar-refractivity contribution in [2.24, 2.45) is 0 Å². The van der Waals surface area contributed by atoms with Crippen LogP contribution in [0.5, 0.6) is 34.8 Å². The fourth-order valence-corrected chi connectivity index (χ4v) is 2.35. The van der Waals surface area contributed by atoms with Gasteiger partial charge in [-0.15, -0.1) is 26.3 Å². The summed E-state index contributed by atoms with van der Waals surface area (Å²) in [4.78, 5) is 17.7. The Morgan fingerprint density at radius 1 is 0.727 bits per heavy atom. The van der Waals surface area contributed by atoms with Crippen molar-refractivity contribution in [3.05, 3.63) is 65.0 Å². The second-order valence-electron chi connectivity index (χ2n) is 5.84. The molecule has 9 nitrogen and oxygen atoms in total. The number of hydrogen-bond donors (Lipinski definition) is 0. The van der Waals surface area contributed by atoms with E-state index in [4.69, 9.17) is 9.47 Å². The van der Waals surface area contributed by atoms with E-state index in [-0.39, 0.29) is 11.5 Å². The van der Waals surface area contributed by atoms with Gasteiger partial charge in [0.25, 0.3) is 0 Å². The minimum Gasteiger partial charge on any atom is -0.433 e. The Morgan fingerprint density at radius 2 is 1.12 bits per heavy atom. The van der Waals surface area contributed by atoms with Gasteiger partial charge in [0.1, 0.15) is 29.3 Å². The van der Waals surface area contributed by atoms with Crippen molar-refractivity contribution in [3.8, 4) is 34.8 Å². The third-order valence-corrected chi connectivity index (χ3v) is 3.44. The van der Waals surface area contributed by atoms with Crippen molar-refractivity contribution >= 4 is 5.69 Å². The molecule has 0 N–H and O–H groups in total. The van der Waals surface area contributed by atoms with Crippen LogP contribution in [0.4, 0.5) is 32.0 Å². The first-order chi connectivity index (χ1) is 15.4. The van der Waals surface area contributed by atoms with E-state index in [1.165, 1.54) is 12.1 Å². The summed E-state index contributed by atoms with van der Waals surface area (Å²) in [5.41, 5.74) is -0.943. The van der Waals surface area contributed by atoms with Gasteiger partial charge in [-0.3, -0.25) is 10.1 Å². The van der Waals surface area contributed by atoms with E-state index in [9.17, 15) is 36.5 Å². The highest BCUT2D eigenvalue weighted by Gasteiger charge is 2.32. The Morgan fingerprint density at radius 3 is 1.48 bits per heavy atom. The lowest BCUT2D eigenvalue weighted by Crippen LogP contribution is -2.17. The molecule has 0 spiro atoms. The van der Waals surface area contributed by atoms with Crippen LogP contribution >= 0.6 is 0 Å². The van der Waals surface area contributed by atoms with E-state index in [1.54, 1.807) is 0 Å². The first-order valence-corrected chi connectivity index (χ1v) is 8.46. The van der Waals surface area contributed by atoms with Gasteiger partial charge >= 0.3 is 30.2 Å². The van der Waals surface area contributed by atoms with Crippen molar-refractivity contribution in [3.63, 3.8) is 0 Å². The van der Waals surface area contributed by atoms with E-state index >= 15 is 0 Å². The molecule has 3 rings (SSSR count). The van der Waals surface area contributed by atoms with Gasteiger partial charge in [-0.25, -0.2) is 0 Å². The number of aromatic nitrogens is 2. The van der Waals surface area contributed by atoms with Crippen LogP contribution in [0.25, 0.3) is 0 Å². The van der Waals surface area contributed by atoms with Crippen LogP contribution in [-0.4, -0.2) is 27.6 Å². The largest absolute Gasteiger partial charge is 0.573 e. The summed E-state index contributed by atoms with van der Waals surface area (Å²) >= 11 is 0. The molecule has 0 saturated carbocycles. The molecule has 0 unspecified atom stereocenters. The molecule has 3 aromatic rings. The quantitative estimate of drug-likeness (QED) is 0.240. The van der Waals surface area contributed by atoms with Gasteiger partial charge in [-0.2, -0.15) is 9.97 Å². The molecule has 0 aliphatic rings. The van der Waals surface area contributed by atoms with Crippen molar-refractivity contribution < 1.29 is 50.2 Å². The Labute approximate surface area is 179 Å². The van der Waals surface area contributed by atoms with Gasteiger partial charge in [-0.05, 0) is 24.3 Å². The Bertz CT molecular complexity index is 1080. The third-order valence-electron chi connectivity index (χ3n) is 3.44. The Kier molecular flexibility index (Phi) is 6.41. The smallest absolute Gasteiger partial charge is 0.433 e. The average molecular weight is 477 g/mol. The molecule has 0 radical (unpaired) electrons. The van der Waals surface area contributed by atoms with Crippen molar-refractivity contribution in [1.29, 1.82) is 0 Å². The molecule has 174 valence electrons. The van der Waals surface area contributed by atoms with E-state index in [1.807, 2.05) is 0 Å². The predicted octanol–water partition coefficient (Wildman–Crippen LogP) is 5.77. The second kappa shape index (κ2) is 9.05. The Hall–Kier alpha value is -4.30. The van der Waals surface area contributed by atoms with Gasteiger partial charge in [0.2, 0.25) is 0 Å². The molecule has 0 fully saturated rings. The molecule has 0 atom stereocenters. The molecule has 2 aromatic carbocycles. The number of hydrogen-bond acceptors (Lipinski definition) is 8. The van der Waals surface area contributed by atoms with Crippen LogP contribution in [0.15, 0.2) is 54.9 Å². The van der Waals surface area contributed by atoms with Crippen LogP contribution in [0, 0.1) is 10.1 Å². The first kappa shape index (κ1) is 23.4. The molecule has 0 aliphatic heterocycles. The standard InChI is InChI=1S/C18H9F6N3O6/c19-17(20,21)32-12-5-1-3-10(7-12)30-15-14(27(28)29)16(26-9-25-15)31-11-4-2-6-13(8-11)33-18(22,23)24/h1-9H. The Balaban J connectivity index is 1.89. The summed E-state index contributed by atoms with van der Waals surface area (Å²) in [5, 5.41) is 11.6. The number of benzene rings is 2. The van der Waals surface area contributed by atoms with E-state index in [0.717, 1.165) is 42.7 Å². The summed E-state index contributed by atoms with van der Waals surface area (Å²) in [7, 11) is 0. The molecule has 0 amide bonds. The van der Waals surface area contributed by atoms with E-state index in [0.29, 0.717) is 0 Å². The highest BCUT2D eigenvalue weighted by atomic mass is 19.4. The summed E-state index contributed by atoms with van der Waals surface area (Å²) in [6, 6.07) is 8.16. The van der Waals surface area contributed by atoms with E-state index in [2.05, 4.69) is 19.4 Å². The molecular weight excluding hydrogens is 468 g/mol. The average Bonchev–Trinajstić information content (AvgIpc) is 2.66. The lowest BCUT2D eigenvalue weighted by molar-refractivity contribution is -0.387. The minimum absolute atomic E-state index is 0.301. The zero-order valence-corrected chi connectivity index (χ0v) is 15.8. The SMILES string of the molecule is O=[N+]([O-])c1c(Oc2cccc(OC(F)(F)F)c2)ncnc1Oc1cccc(OC(F)(F)F)c1. The van der Waals surface area contributed by atoms with Crippen LogP contribution in [0.3, 0.4) is 0 Å². The van der Waals surface area contributed by atoms with Gasteiger partial charge in [-0.1, -0.05) is 12.1 Å².